The second-order valence-corrected chi connectivity index (χ2v) is 3.42. The average molecular weight is 140 g/mol. The molecule has 10 heavy (non-hydrogen) atoms. The second-order valence-electron chi connectivity index (χ2n) is 3.42. The van der Waals surface area contributed by atoms with E-state index in [1.165, 1.54) is 19.4 Å². The molecule has 1 saturated carbocycles. The molecule has 0 aliphatic heterocycles. The zero-order chi connectivity index (χ0) is 7.56. The van der Waals surface area contributed by atoms with Gasteiger partial charge < -0.3 is 0 Å². The van der Waals surface area contributed by atoms with Crippen LogP contribution in [0, 0.1) is 6.92 Å². The SMILES string of the molecule is [CH2]CCN(C(C)C)C1CC1. The Morgan fingerprint density at radius 2 is 2.10 bits per heavy atom. The third-order valence-corrected chi connectivity index (χ3v) is 2.10. The Hall–Kier alpha value is -0.0400. The first-order valence-corrected chi connectivity index (χ1v) is 4.30. The standard InChI is InChI=1S/C9H18N/c1-4-7-10(8(2)3)9-5-6-9/h8-9H,1,4-7H2,2-3H3. The Labute approximate surface area is 64.4 Å². The maximum Gasteiger partial charge on any atom is 0.00991 e. The van der Waals surface area contributed by atoms with Crippen molar-refractivity contribution in [2.45, 2.75) is 45.2 Å². The largest absolute Gasteiger partial charge is 0.298 e. The Balaban J connectivity index is 2.26. The maximum absolute atomic E-state index is 3.88. The van der Waals surface area contributed by atoms with Gasteiger partial charge in [-0.05, 0) is 39.7 Å². The fourth-order valence-electron chi connectivity index (χ4n) is 1.45. The smallest absolute Gasteiger partial charge is 0.00991 e. The van der Waals surface area contributed by atoms with Crippen LogP contribution in [0.15, 0.2) is 0 Å². The minimum Gasteiger partial charge on any atom is -0.298 e. The van der Waals surface area contributed by atoms with Crippen LogP contribution in [-0.4, -0.2) is 23.5 Å². The molecule has 0 saturated heterocycles. The minimum absolute atomic E-state index is 0.717. The van der Waals surface area contributed by atoms with E-state index < -0.39 is 0 Å². The molecule has 0 heterocycles. The Morgan fingerprint density at radius 3 is 2.40 bits per heavy atom. The number of rotatable bonds is 4. The summed E-state index contributed by atoms with van der Waals surface area (Å²) in [7, 11) is 0. The van der Waals surface area contributed by atoms with E-state index in [1.807, 2.05) is 0 Å². The van der Waals surface area contributed by atoms with E-state index in [-0.39, 0.29) is 0 Å². The molecule has 1 rings (SSSR count). The average Bonchev–Trinajstić information content (AvgIpc) is 2.63. The summed E-state index contributed by atoms with van der Waals surface area (Å²) in [5.74, 6) is 0. The van der Waals surface area contributed by atoms with Gasteiger partial charge in [0, 0.05) is 12.1 Å². The van der Waals surface area contributed by atoms with Gasteiger partial charge in [0.15, 0.2) is 0 Å². The first-order chi connectivity index (χ1) is 4.75. The van der Waals surface area contributed by atoms with Crippen molar-refractivity contribution in [3.8, 4) is 0 Å². The lowest BCUT2D eigenvalue weighted by molar-refractivity contribution is 0.215. The molecule has 1 aliphatic rings. The quantitative estimate of drug-likeness (QED) is 0.578. The number of hydrogen-bond donors (Lipinski definition) is 0. The van der Waals surface area contributed by atoms with Crippen LogP contribution in [0.5, 0.6) is 0 Å². The van der Waals surface area contributed by atoms with Crippen LogP contribution in [0.4, 0.5) is 0 Å². The molecule has 1 heteroatoms. The summed E-state index contributed by atoms with van der Waals surface area (Å²) in [6, 6.07) is 1.62. The van der Waals surface area contributed by atoms with Gasteiger partial charge in [-0.25, -0.2) is 0 Å². The third-order valence-electron chi connectivity index (χ3n) is 2.10. The molecule has 1 radical (unpaired) electrons. The van der Waals surface area contributed by atoms with Crippen molar-refractivity contribution < 1.29 is 0 Å². The predicted molar refractivity (Wildman–Crippen MR) is 44.8 cm³/mol. The van der Waals surface area contributed by atoms with E-state index in [0.29, 0.717) is 6.04 Å². The zero-order valence-electron chi connectivity index (χ0n) is 7.14. The van der Waals surface area contributed by atoms with Gasteiger partial charge in [0.2, 0.25) is 0 Å². The highest BCUT2D eigenvalue weighted by molar-refractivity contribution is 4.86. The van der Waals surface area contributed by atoms with Gasteiger partial charge in [0.05, 0.1) is 0 Å². The summed E-state index contributed by atoms with van der Waals surface area (Å²) in [6.07, 6.45) is 3.88. The lowest BCUT2D eigenvalue weighted by atomic mass is 10.3. The van der Waals surface area contributed by atoms with Crippen molar-refractivity contribution >= 4 is 0 Å². The summed E-state index contributed by atoms with van der Waals surface area (Å²) >= 11 is 0. The van der Waals surface area contributed by atoms with Crippen LogP contribution in [0.25, 0.3) is 0 Å². The first-order valence-electron chi connectivity index (χ1n) is 4.30. The minimum atomic E-state index is 0.717. The predicted octanol–water partition coefficient (Wildman–Crippen LogP) is 2.08. The van der Waals surface area contributed by atoms with E-state index in [2.05, 4.69) is 25.7 Å². The molecule has 0 aromatic carbocycles. The summed E-state index contributed by atoms with van der Waals surface area (Å²) < 4.78 is 0. The van der Waals surface area contributed by atoms with Gasteiger partial charge >= 0.3 is 0 Å². The lowest BCUT2D eigenvalue weighted by Gasteiger charge is -2.25. The van der Waals surface area contributed by atoms with Crippen LogP contribution < -0.4 is 0 Å². The van der Waals surface area contributed by atoms with Gasteiger partial charge in [-0.1, -0.05) is 6.92 Å². The lowest BCUT2D eigenvalue weighted by Crippen LogP contribution is -2.33. The van der Waals surface area contributed by atoms with E-state index >= 15 is 0 Å². The molecule has 0 aromatic heterocycles. The molecule has 0 amide bonds. The molecular weight excluding hydrogens is 122 g/mol. The molecule has 0 N–H and O–H groups in total. The highest BCUT2D eigenvalue weighted by atomic mass is 15.2. The Kier molecular flexibility index (Phi) is 2.72. The highest BCUT2D eigenvalue weighted by Crippen LogP contribution is 2.28. The Morgan fingerprint density at radius 1 is 1.50 bits per heavy atom. The number of nitrogens with zero attached hydrogens (tertiary/aromatic N) is 1. The van der Waals surface area contributed by atoms with Gasteiger partial charge in [-0.2, -0.15) is 0 Å². The Bertz CT molecular complexity index is 92.9. The van der Waals surface area contributed by atoms with E-state index in [1.54, 1.807) is 0 Å². The summed E-state index contributed by atoms with van der Waals surface area (Å²) in [5, 5.41) is 0. The van der Waals surface area contributed by atoms with E-state index in [4.69, 9.17) is 0 Å². The van der Waals surface area contributed by atoms with Crippen molar-refractivity contribution in [1.82, 2.24) is 4.90 Å². The molecule has 0 atom stereocenters. The van der Waals surface area contributed by atoms with Crippen LogP contribution in [-0.2, 0) is 0 Å². The van der Waals surface area contributed by atoms with Crippen molar-refractivity contribution in [1.29, 1.82) is 0 Å². The third kappa shape index (κ3) is 1.98. The highest BCUT2D eigenvalue weighted by Gasteiger charge is 2.29. The fourth-order valence-corrected chi connectivity index (χ4v) is 1.45. The zero-order valence-corrected chi connectivity index (χ0v) is 7.14. The molecule has 0 spiro atoms. The molecular formula is C9H18N. The molecule has 0 bridgehead atoms. The molecule has 1 fully saturated rings. The monoisotopic (exact) mass is 140 g/mol. The first kappa shape index (κ1) is 8.06. The molecule has 0 aromatic rings. The van der Waals surface area contributed by atoms with Crippen LogP contribution in [0.3, 0.4) is 0 Å². The van der Waals surface area contributed by atoms with Crippen molar-refractivity contribution in [2.75, 3.05) is 6.54 Å². The van der Waals surface area contributed by atoms with Gasteiger partial charge in [0.1, 0.15) is 0 Å². The summed E-state index contributed by atoms with van der Waals surface area (Å²) in [4.78, 5) is 2.56. The fraction of sp³-hybridized carbons (Fsp3) is 0.889. The van der Waals surface area contributed by atoms with Crippen molar-refractivity contribution in [3.05, 3.63) is 6.92 Å². The van der Waals surface area contributed by atoms with Crippen LogP contribution >= 0.6 is 0 Å². The van der Waals surface area contributed by atoms with E-state index in [0.717, 1.165) is 12.5 Å². The summed E-state index contributed by atoms with van der Waals surface area (Å²) in [5.41, 5.74) is 0. The van der Waals surface area contributed by atoms with Gasteiger partial charge in [-0.15, -0.1) is 0 Å². The van der Waals surface area contributed by atoms with Gasteiger partial charge in [-0.3, -0.25) is 4.90 Å². The maximum atomic E-state index is 3.88. The topological polar surface area (TPSA) is 3.24 Å². The molecule has 1 nitrogen and oxygen atoms in total. The van der Waals surface area contributed by atoms with E-state index in [9.17, 15) is 0 Å². The second kappa shape index (κ2) is 3.38. The molecule has 1 aliphatic carbocycles. The van der Waals surface area contributed by atoms with Crippen molar-refractivity contribution in [3.63, 3.8) is 0 Å². The van der Waals surface area contributed by atoms with Crippen LogP contribution in [0.1, 0.15) is 33.1 Å². The van der Waals surface area contributed by atoms with Crippen molar-refractivity contribution in [2.24, 2.45) is 0 Å². The molecule has 0 unspecified atom stereocenters. The molecule has 59 valence electrons. The van der Waals surface area contributed by atoms with Gasteiger partial charge in [0.25, 0.3) is 0 Å². The summed E-state index contributed by atoms with van der Waals surface area (Å²) in [6.45, 7) is 9.60. The normalized spacial score (nSPS) is 18.9. The van der Waals surface area contributed by atoms with Crippen LogP contribution in [0.2, 0.25) is 0 Å². The number of hydrogen-bond acceptors (Lipinski definition) is 1.